The van der Waals surface area contributed by atoms with E-state index < -0.39 is 5.60 Å². The SMILES string of the molecule is CC.CC(=O)CN1CCN(Cc2cc(Nc3nccc(-c4ccc(N(C)CCCN(C)C(=O)OC(C)(C)C)nc4)n3)ccn2)CC1. The molecule has 0 saturated carbocycles. The van der Waals surface area contributed by atoms with Crippen molar-refractivity contribution >= 4 is 29.3 Å². The van der Waals surface area contributed by atoms with Crippen LogP contribution in [0.25, 0.3) is 11.3 Å². The fourth-order valence-electron chi connectivity index (χ4n) is 4.85. The maximum atomic E-state index is 12.2. The number of rotatable bonds is 12. The van der Waals surface area contributed by atoms with Gasteiger partial charge in [-0.2, -0.15) is 0 Å². The number of anilines is 3. The summed E-state index contributed by atoms with van der Waals surface area (Å²) in [6.07, 6.45) is 5.80. The highest BCUT2D eigenvalue weighted by atomic mass is 16.6. The summed E-state index contributed by atoms with van der Waals surface area (Å²) in [5, 5.41) is 3.31. The molecular formula is C34H51N9O3. The smallest absolute Gasteiger partial charge is 0.410 e. The lowest BCUT2D eigenvalue weighted by Crippen LogP contribution is -2.47. The molecule has 1 fully saturated rings. The number of amides is 1. The lowest BCUT2D eigenvalue weighted by molar-refractivity contribution is -0.118. The van der Waals surface area contributed by atoms with E-state index in [1.54, 1.807) is 31.3 Å². The number of nitrogens with one attached hydrogen (secondary N) is 1. The van der Waals surface area contributed by atoms with Crippen molar-refractivity contribution in [1.82, 2.24) is 34.6 Å². The molecule has 1 saturated heterocycles. The van der Waals surface area contributed by atoms with Crippen LogP contribution in [0.5, 0.6) is 0 Å². The van der Waals surface area contributed by atoms with Gasteiger partial charge in [-0.1, -0.05) is 13.8 Å². The number of Topliss-reactive ketones (excluding diaryl/α,β-unsaturated/α-hetero) is 1. The second kappa shape index (κ2) is 17.5. The van der Waals surface area contributed by atoms with Crippen molar-refractivity contribution in [3.05, 3.63) is 54.6 Å². The van der Waals surface area contributed by atoms with Crippen LogP contribution in [0, 0.1) is 0 Å². The van der Waals surface area contributed by atoms with Crippen LogP contribution in [-0.4, -0.2) is 112 Å². The number of aromatic nitrogens is 4. The Balaban J connectivity index is 0.00000282. The maximum absolute atomic E-state index is 12.2. The van der Waals surface area contributed by atoms with Gasteiger partial charge in [-0.25, -0.2) is 19.7 Å². The predicted octanol–water partition coefficient (Wildman–Crippen LogP) is 5.10. The van der Waals surface area contributed by atoms with Gasteiger partial charge in [0.15, 0.2) is 0 Å². The lowest BCUT2D eigenvalue weighted by Gasteiger charge is -2.33. The van der Waals surface area contributed by atoms with Crippen LogP contribution >= 0.6 is 0 Å². The van der Waals surface area contributed by atoms with E-state index >= 15 is 0 Å². The summed E-state index contributed by atoms with van der Waals surface area (Å²) in [7, 11) is 3.74. The fraction of sp³-hybridized carbons (Fsp3) is 0.529. The molecule has 1 amide bonds. The zero-order valence-corrected chi connectivity index (χ0v) is 28.8. The van der Waals surface area contributed by atoms with Gasteiger partial charge in [0.05, 0.1) is 17.9 Å². The van der Waals surface area contributed by atoms with Gasteiger partial charge >= 0.3 is 6.09 Å². The first-order valence-electron chi connectivity index (χ1n) is 16.1. The fourth-order valence-corrected chi connectivity index (χ4v) is 4.85. The van der Waals surface area contributed by atoms with Crippen LogP contribution in [0.15, 0.2) is 48.9 Å². The minimum Gasteiger partial charge on any atom is -0.444 e. The number of pyridine rings is 2. The summed E-state index contributed by atoms with van der Waals surface area (Å²) < 4.78 is 5.42. The Morgan fingerprint density at radius 1 is 0.935 bits per heavy atom. The van der Waals surface area contributed by atoms with Gasteiger partial charge < -0.3 is 19.9 Å². The predicted molar refractivity (Wildman–Crippen MR) is 183 cm³/mol. The molecular weight excluding hydrogens is 582 g/mol. The zero-order chi connectivity index (χ0) is 33.7. The number of carbonyl (C=O) groups is 2. The average molecular weight is 634 g/mol. The van der Waals surface area contributed by atoms with E-state index in [0.29, 0.717) is 19.0 Å². The van der Waals surface area contributed by atoms with Gasteiger partial charge in [-0.3, -0.25) is 19.6 Å². The van der Waals surface area contributed by atoms with Crippen LogP contribution in [0.3, 0.4) is 0 Å². The minimum atomic E-state index is -0.507. The summed E-state index contributed by atoms with van der Waals surface area (Å²) in [5.41, 5.74) is 2.98. The van der Waals surface area contributed by atoms with Gasteiger partial charge in [0.1, 0.15) is 17.2 Å². The second-order valence-electron chi connectivity index (χ2n) is 12.3. The van der Waals surface area contributed by atoms with E-state index in [4.69, 9.17) is 9.72 Å². The molecule has 1 N–H and O–H groups in total. The Morgan fingerprint density at radius 3 is 2.28 bits per heavy atom. The third-order valence-electron chi connectivity index (χ3n) is 7.15. The molecule has 0 bridgehead atoms. The Morgan fingerprint density at radius 2 is 1.63 bits per heavy atom. The third kappa shape index (κ3) is 12.0. The molecule has 12 nitrogen and oxygen atoms in total. The largest absolute Gasteiger partial charge is 0.444 e. The standard InChI is InChI=1S/C32H45N9O3.C2H6/c1-24(42)22-40-16-18-41(19-17-40)23-27-20-26(10-12-33-27)36-30-34-13-11-28(37-30)25-8-9-29(35-21-25)38(5)14-7-15-39(6)31(43)44-32(2,3)4;1-2/h8-13,20-21H,7,14-19,22-23H2,1-6H3,(H,33,34,36,37);1-2H3. The number of carbonyl (C=O) groups excluding carboxylic acids is 2. The molecule has 0 atom stereocenters. The molecule has 0 radical (unpaired) electrons. The molecule has 250 valence electrons. The third-order valence-corrected chi connectivity index (χ3v) is 7.15. The number of ether oxygens (including phenoxy) is 1. The summed E-state index contributed by atoms with van der Waals surface area (Å²) in [6.45, 7) is 17.4. The van der Waals surface area contributed by atoms with E-state index in [9.17, 15) is 9.59 Å². The topological polar surface area (TPSA) is 120 Å². The zero-order valence-electron chi connectivity index (χ0n) is 28.8. The van der Waals surface area contributed by atoms with Gasteiger partial charge in [0, 0.05) is 89.8 Å². The van der Waals surface area contributed by atoms with E-state index in [2.05, 4.69) is 35.0 Å². The first-order valence-corrected chi connectivity index (χ1v) is 16.1. The van der Waals surface area contributed by atoms with Crippen LogP contribution in [0.4, 0.5) is 22.2 Å². The van der Waals surface area contributed by atoms with E-state index in [1.807, 2.05) is 78.2 Å². The number of piperazine rings is 1. The van der Waals surface area contributed by atoms with Crippen molar-refractivity contribution in [3.8, 4) is 11.3 Å². The van der Waals surface area contributed by atoms with Crippen molar-refractivity contribution in [2.45, 2.75) is 60.1 Å². The lowest BCUT2D eigenvalue weighted by atomic mass is 10.2. The highest BCUT2D eigenvalue weighted by molar-refractivity contribution is 5.77. The molecule has 0 aromatic carbocycles. The molecule has 4 heterocycles. The second-order valence-corrected chi connectivity index (χ2v) is 12.3. The molecule has 4 rings (SSSR count). The van der Waals surface area contributed by atoms with E-state index in [1.165, 1.54) is 0 Å². The van der Waals surface area contributed by atoms with Crippen LogP contribution in [0.2, 0.25) is 0 Å². The van der Waals surface area contributed by atoms with Gasteiger partial charge in [-0.15, -0.1) is 0 Å². The summed E-state index contributed by atoms with van der Waals surface area (Å²) in [4.78, 5) is 50.1. The number of nitrogens with zero attached hydrogens (tertiary/aromatic N) is 8. The molecule has 46 heavy (non-hydrogen) atoms. The van der Waals surface area contributed by atoms with Gasteiger partial charge in [-0.05, 0) is 64.4 Å². The molecule has 3 aromatic heterocycles. The van der Waals surface area contributed by atoms with Crippen molar-refractivity contribution in [2.24, 2.45) is 0 Å². The molecule has 0 unspecified atom stereocenters. The highest BCUT2D eigenvalue weighted by Crippen LogP contribution is 2.22. The van der Waals surface area contributed by atoms with Gasteiger partial charge in [0.2, 0.25) is 5.95 Å². The van der Waals surface area contributed by atoms with Crippen molar-refractivity contribution in [3.63, 3.8) is 0 Å². The quantitative estimate of drug-likeness (QED) is 0.287. The Labute approximate surface area is 274 Å². The summed E-state index contributed by atoms with van der Waals surface area (Å²) in [5.74, 6) is 1.54. The summed E-state index contributed by atoms with van der Waals surface area (Å²) in [6, 6.07) is 9.76. The number of hydrogen-bond donors (Lipinski definition) is 1. The maximum Gasteiger partial charge on any atom is 0.410 e. The van der Waals surface area contributed by atoms with Gasteiger partial charge in [0.25, 0.3) is 0 Å². The normalized spacial score (nSPS) is 13.7. The van der Waals surface area contributed by atoms with Crippen LogP contribution in [-0.2, 0) is 16.1 Å². The number of hydrogen-bond acceptors (Lipinski definition) is 11. The first-order chi connectivity index (χ1) is 21.9. The first kappa shape index (κ1) is 36.3. The number of ketones is 1. The van der Waals surface area contributed by atoms with E-state index in [-0.39, 0.29) is 11.9 Å². The Kier molecular flexibility index (Phi) is 13.8. The minimum absolute atomic E-state index is 0.208. The Hall–Kier alpha value is -4.16. The van der Waals surface area contributed by atoms with Crippen molar-refractivity contribution in [1.29, 1.82) is 0 Å². The molecule has 3 aromatic rings. The monoisotopic (exact) mass is 633 g/mol. The molecule has 12 heteroatoms. The Bertz CT molecular complexity index is 1390. The summed E-state index contributed by atoms with van der Waals surface area (Å²) >= 11 is 0. The molecule has 1 aliphatic heterocycles. The van der Waals surface area contributed by atoms with Crippen molar-refractivity contribution < 1.29 is 14.3 Å². The average Bonchev–Trinajstić information content (AvgIpc) is 3.02. The van der Waals surface area contributed by atoms with Crippen LogP contribution < -0.4 is 10.2 Å². The molecule has 0 spiro atoms. The van der Waals surface area contributed by atoms with Crippen molar-refractivity contribution in [2.75, 3.05) is 70.1 Å². The van der Waals surface area contributed by atoms with E-state index in [0.717, 1.165) is 74.1 Å². The molecule has 1 aliphatic rings. The highest BCUT2D eigenvalue weighted by Gasteiger charge is 2.20. The molecule has 0 aliphatic carbocycles. The van der Waals surface area contributed by atoms with Crippen LogP contribution in [0.1, 0.15) is 53.7 Å².